The fourth-order valence-corrected chi connectivity index (χ4v) is 1.75. The van der Waals surface area contributed by atoms with E-state index in [1.807, 2.05) is 0 Å². The van der Waals surface area contributed by atoms with Crippen molar-refractivity contribution < 1.29 is 8.78 Å². The minimum Gasteiger partial charge on any atom is -0.383 e. The van der Waals surface area contributed by atoms with Crippen LogP contribution in [-0.4, -0.2) is 4.98 Å². The fraction of sp³-hybridized carbons (Fsp3) is 0.286. The molecule has 0 radical (unpaired) electrons. The van der Waals surface area contributed by atoms with E-state index in [4.69, 9.17) is 5.73 Å². The first-order chi connectivity index (χ1) is 6.06. The molecular weight excluding hydrogens is 310 g/mol. The standard InChI is InChI=1S/C7H6Br2F2N2/c8-2-3-1-4(6(10)11)5(9)13-7(3)12/h1,6H,2H2,(H2,12,13). The molecule has 0 saturated heterocycles. The Labute approximate surface area is 90.8 Å². The lowest BCUT2D eigenvalue weighted by atomic mass is 10.2. The number of hydrogen-bond donors (Lipinski definition) is 1. The van der Waals surface area contributed by atoms with Crippen LogP contribution in [0.1, 0.15) is 17.6 Å². The number of halogens is 4. The molecule has 0 atom stereocenters. The topological polar surface area (TPSA) is 38.9 Å². The van der Waals surface area contributed by atoms with Crippen LogP contribution in [0.5, 0.6) is 0 Å². The van der Waals surface area contributed by atoms with Crippen molar-refractivity contribution >= 4 is 37.7 Å². The molecular formula is C7H6Br2F2N2. The van der Waals surface area contributed by atoms with Crippen LogP contribution in [0.2, 0.25) is 0 Å². The Bertz CT molecular complexity index is 318. The van der Waals surface area contributed by atoms with E-state index in [0.29, 0.717) is 10.9 Å². The van der Waals surface area contributed by atoms with E-state index >= 15 is 0 Å². The molecule has 2 nitrogen and oxygen atoms in total. The van der Waals surface area contributed by atoms with E-state index in [9.17, 15) is 8.78 Å². The van der Waals surface area contributed by atoms with Gasteiger partial charge < -0.3 is 5.73 Å². The number of rotatable bonds is 2. The highest BCUT2D eigenvalue weighted by molar-refractivity contribution is 9.10. The van der Waals surface area contributed by atoms with Crippen molar-refractivity contribution in [1.82, 2.24) is 4.98 Å². The first-order valence-electron chi connectivity index (χ1n) is 3.35. The van der Waals surface area contributed by atoms with Gasteiger partial charge >= 0.3 is 0 Å². The van der Waals surface area contributed by atoms with Gasteiger partial charge in [-0.3, -0.25) is 0 Å². The summed E-state index contributed by atoms with van der Waals surface area (Å²) in [5, 5.41) is 0.416. The molecule has 0 spiro atoms. The van der Waals surface area contributed by atoms with Gasteiger partial charge in [0.25, 0.3) is 6.43 Å². The summed E-state index contributed by atoms with van der Waals surface area (Å²) in [6, 6.07) is 1.34. The second-order valence-electron chi connectivity index (χ2n) is 2.35. The smallest absolute Gasteiger partial charge is 0.266 e. The number of anilines is 1. The Kier molecular flexibility index (Phi) is 3.61. The molecule has 72 valence electrons. The van der Waals surface area contributed by atoms with Crippen LogP contribution in [0.15, 0.2) is 10.7 Å². The highest BCUT2D eigenvalue weighted by Crippen LogP contribution is 2.29. The van der Waals surface area contributed by atoms with E-state index in [-0.39, 0.29) is 16.0 Å². The Hall–Kier alpha value is -0.230. The molecule has 2 N–H and O–H groups in total. The maximum atomic E-state index is 12.3. The summed E-state index contributed by atoms with van der Waals surface area (Å²) >= 11 is 6.06. The molecule has 1 rings (SSSR count). The summed E-state index contributed by atoms with van der Waals surface area (Å²) < 4.78 is 24.8. The lowest BCUT2D eigenvalue weighted by Gasteiger charge is -2.07. The van der Waals surface area contributed by atoms with Crippen LogP contribution in [-0.2, 0) is 5.33 Å². The molecule has 0 aromatic carbocycles. The third-order valence-corrected chi connectivity index (χ3v) is 2.73. The Balaban J connectivity index is 3.22. The monoisotopic (exact) mass is 314 g/mol. The van der Waals surface area contributed by atoms with Crippen molar-refractivity contribution in [3.05, 3.63) is 21.8 Å². The lowest BCUT2D eigenvalue weighted by Crippen LogP contribution is -2.00. The van der Waals surface area contributed by atoms with Gasteiger partial charge in [-0.15, -0.1) is 0 Å². The zero-order chi connectivity index (χ0) is 10.0. The molecule has 0 aliphatic carbocycles. The van der Waals surface area contributed by atoms with Gasteiger partial charge in [-0.25, -0.2) is 13.8 Å². The zero-order valence-corrected chi connectivity index (χ0v) is 9.57. The van der Waals surface area contributed by atoms with Crippen molar-refractivity contribution in [1.29, 1.82) is 0 Å². The van der Waals surface area contributed by atoms with Gasteiger partial charge in [0.15, 0.2) is 0 Å². The second kappa shape index (κ2) is 4.32. The van der Waals surface area contributed by atoms with Crippen LogP contribution in [0.4, 0.5) is 14.6 Å². The Morgan fingerprint density at radius 1 is 1.54 bits per heavy atom. The highest BCUT2D eigenvalue weighted by atomic mass is 79.9. The van der Waals surface area contributed by atoms with Crippen molar-refractivity contribution in [3.63, 3.8) is 0 Å². The van der Waals surface area contributed by atoms with Gasteiger partial charge in [0.2, 0.25) is 0 Å². The van der Waals surface area contributed by atoms with Gasteiger partial charge in [0.05, 0.1) is 5.56 Å². The van der Waals surface area contributed by atoms with E-state index in [1.54, 1.807) is 0 Å². The summed E-state index contributed by atoms with van der Waals surface area (Å²) in [5.74, 6) is 0.258. The molecule has 0 saturated carbocycles. The molecule has 0 aliphatic rings. The highest BCUT2D eigenvalue weighted by Gasteiger charge is 2.15. The van der Waals surface area contributed by atoms with Gasteiger partial charge in [-0.1, -0.05) is 15.9 Å². The van der Waals surface area contributed by atoms with E-state index in [2.05, 4.69) is 36.8 Å². The SMILES string of the molecule is Nc1nc(Br)c(C(F)F)cc1CBr. The maximum Gasteiger partial charge on any atom is 0.266 e. The number of nitrogen functional groups attached to an aromatic ring is 1. The molecule has 0 bridgehead atoms. The predicted octanol–water partition coefficient (Wildman–Crippen LogP) is 3.26. The van der Waals surface area contributed by atoms with Crippen molar-refractivity contribution in [2.75, 3.05) is 5.73 Å². The number of hydrogen-bond acceptors (Lipinski definition) is 2. The number of alkyl halides is 3. The van der Waals surface area contributed by atoms with Crippen molar-refractivity contribution in [2.24, 2.45) is 0 Å². The normalized spacial score (nSPS) is 10.8. The molecule has 1 aromatic heterocycles. The largest absolute Gasteiger partial charge is 0.383 e. The van der Waals surface area contributed by atoms with Crippen LogP contribution >= 0.6 is 31.9 Å². The molecule has 0 unspecified atom stereocenters. The minimum absolute atomic E-state index is 0.102. The van der Waals surface area contributed by atoms with E-state index < -0.39 is 6.43 Å². The first-order valence-corrected chi connectivity index (χ1v) is 5.26. The summed E-state index contributed by atoms with van der Waals surface area (Å²) in [7, 11) is 0. The van der Waals surface area contributed by atoms with Gasteiger partial charge in [-0.05, 0) is 22.0 Å². The Morgan fingerprint density at radius 3 is 2.62 bits per heavy atom. The average Bonchev–Trinajstić information content (AvgIpc) is 2.03. The average molecular weight is 316 g/mol. The number of nitrogens with two attached hydrogens (primary N) is 1. The van der Waals surface area contributed by atoms with Crippen molar-refractivity contribution in [3.8, 4) is 0 Å². The number of aromatic nitrogens is 1. The third-order valence-electron chi connectivity index (χ3n) is 1.49. The summed E-state index contributed by atoms with van der Waals surface area (Å²) in [6.07, 6.45) is -2.54. The second-order valence-corrected chi connectivity index (χ2v) is 3.66. The summed E-state index contributed by atoms with van der Waals surface area (Å²) in [4.78, 5) is 3.75. The molecule has 6 heteroatoms. The summed E-state index contributed by atoms with van der Waals surface area (Å²) in [5.41, 5.74) is 5.92. The van der Waals surface area contributed by atoms with Crippen LogP contribution < -0.4 is 5.73 Å². The molecule has 1 heterocycles. The van der Waals surface area contributed by atoms with Crippen LogP contribution in [0.25, 0.3) is 0 Å². The van der Waals surface area contributed by atoms with Crippen LogP contribution in [0.3, 0.4) is 0 Å². The first kappa shape index (κ1) is 10.8. The maximum absolute atomic E-state index is 12.3. The summed E-state index contributed by atoms with van der Waals surface area (Å²) in [6.45, 7) is 0. The van der Waals surface area contributed by atoms with Gasteiger partial charge in [-0.2, -0.15) is 0 Å². The number of pyridine rings is 1. The van der Waals surface area contributed by atoms with E-state index in [0.717, 1.165) is 0 Å². The zero-order valence-electron chi connectivity index (χ0n) is 6.40. The molecule has 0 aliphatic heterocycles. The molecule has 0 amide bonds. The quantitative estimate of drug-likeness (QED) is 0.672. The lowest BCUT2D eigenvalue weighted by molar-refractivity contribution is 0.150. The molecule has 1 aromatic rings. The van der Waals surface area contributed by atoms with Crippen LogP contribution in [0, 0.1) is 0 Å². The molecule has 13 heavy (non-hydrogen) atoms. The Morgan fingerprint density at radius 2 is 2.15 bits per heavy atom. The fourth-order valence-electron chi connectivity index (χ4n) is 0.823. The predicted molar refractivity (Wildman–Crippen MR) is 53.9 cm³/mol. The third kappa shape index (κ3) is 2.37. The van der Waals surface area contributed by atoms with Gasteiger partial charge in [0, 0.05) is 10.9 Å². The minimum atomic E-state index is -2.54. The molecule has 0 fully saturated rings. The van der Waals surface area contributed by atoms with E-state index in [1.165, 1.54) is 6.07 Å². The van der Waals surface area contributed by atoms with Gasteiger partial charge in [0.1, 0.15) is 10.4 Å². The van der Waals surface area contributed by atoms with Crippen molar-refractivity contribution in [2.45, 2.75) is 11.8 Å². The number of nitrogens with zero attached hydrogens (tertiary/aromatic N) is 1.